The van der Waals surface area contributed by atoms with Crippen LogP contribution in [0, 0.1) is 34.0 Å². The summed E-state index contributed by atoms with van der Waals surface area (Å²) in [5.74, 6) is 0. The normalized spacial score (nSPS) is 12.2. The van der Waals surface area contributed by atoms with Crippen molar-refractivity contribution < 1.29 is 0 Å². The monoisotopic (exact) mass is 792 g/mol. The van der Waals surface area contributed by atoms with Gasteiger partial charge in [0.25, 0.3) is 0 Å². The minimum Gasteiger partial charge on any atom is -0.310 e. The number of anilines is 3. The number of benzene rings is 4. The third-order valence-electron chi connectivity index (χ3n) is 11.0. The molecule has 0 atom stereocenters. The van der Waals surface area contributed by atoms with Crippen molar-refractivity contribution in [2.24, 2.45) is 0 Å². The lowest BCUT2D eigenvalue weighted by molar-refractivity contribution is 0.414. The minimum absolute atomic E-state index is 0.0775. The van der Waals surface area contributed by atoms with Crippen molar-refractivity contribution in [1.29, 1.82) is 15.8 Å². The standard InChI is InChI=1S/C50H40N4S3/c1-3-5-27-50(28-6-4-2)42-29-34(44-21-23-46(55-44)48-25-26-49(57-48)47-24-22-45(56-47)41(33-53)35(31-51)32-52)17-19-39(42)40-20-18-38(30-43(40)50)54(36-13-9-7-10-14-36)37-15-11-8-12-16-37/h7-26,29-30H,3-6,27-28H2,1-2H3. The summed E-state index contributed by atoms with van der Waals surface area (Å²) in [5, 5.41) is 28.3. The number of unbranched alkanes of at least 4 members (excludes halogenated alkanes) is 2. The SMILES string of the molecule is CCCCC1(CCCC)c2cc(-c3ccc(-c4ccc(-c5ccc(C(C#N)=C(C#N)C#N)s5)s4)s3)ccc2-c2ccc(N(c3ccccc3)c3ccccc3)cc21. The van der Waals surface area contributed by atoms with Gasteiger partial charge in [-0.15, -0.1) is 34.0 Å². The molecule has 0 spiro atoms. The van der Waals surface area contributed by atoms with E-state index in [0.717, 1.165) is 46.8 Å². The van der Waals surface area contributed by atoms with Crippen LogP contribution in [0.1, 0.15) is 68.4 Å². The third-order valence-corrected chi connectivity index (χ3v) is 14.7. The van der Waals surface area contributed by atoms with E-state index in [0.29, 0.717) is 4.88 Å². The summed E-state index contributed by atoms with van der Waals surface area (Å²) >= 11 is 4.97. The highest BCUT2D eigenvalue weighted by atomic mass is 32.1. The molecule has 0 unspecified atom stereocenters. The molecule has 57 heavy (non-hydrogen) atoms. The molecule has 1 aliphatic carbocycles. The molecule has 0 saturated carbocycles. The maximum absolute atomic E-state index is 9.65. The van der Waals surface area contributed by atoms with E-state index in [-0.39, 0.29) is 16.6 Å². The van der Waals surface area contributed by atoms with Gasteiger partial charge >= 0.3 is 0 Å². The fourth-order valence-electron chi connectivity index (χ4n) is 8.20. The molecule has 7 heteroatoms. The molecule has 4 nitrogen and oxygen atoms in total. The van der Waals surface area contributed by atoms with Crippen LogP contribution in [0.4, 0.5) is 17.1 Å². The Morgan fingerprint density at radius 2 is 1.04 bits per heavy atom. The Kier molecular flexibility index (Phi) is 11.0. The van der Waals surface area contributed by atoms with Crippen LogP contribution in [0.5, 0.6) is 0 Å². The summed E-state index contributed by atoms with van der Waals surface area (Å²) in [5.41, 5.74) is 10.3. The van der Waals surface area contributed by atoms with E-state index in [1.165, 1.54) is 72.3 Å². The number of nitriles is 3. The number of nitrogens with zero attached hydrogens (tertiary/aromatic N) is 4. The molecule has 0 bridgehead atoms. The van der Waals surface area contributed by atoms with Gasteiger partial charge in [-0.3, -0.25) is 0 Å². The van der Waals surface area contributed by atoms with Gasteiger partial charge in [0.05, 0.1) is 5.57 Å². The average molecular weight is 793 g/mol. The van der Waals surface area contributed by atoms with E-state index in [1.807, 2.05) is 41.7 Å². The highest BCUT2D eigenvalue weighted by Gasteiger charge is 2.43. The molecule has 8 rings (SSSR count). The lowest BCUT2D eigenvalue weighted by atomic mass is 9.70. The molecule has 0 N–H and O–H groups in total. The van der Waals surface area contributed by atoms with E-state index < -0.39 is 0 Å². The Morgan fingerprint density at radius 3 is 1.60 bits per heavy atom. The molecule has 3 aromatic heterocycles. The molecule has 1 aliphatic rings. The lowest BCUT2D eigenvalue weighted by Gasteiger charge is -2.34. The van der Waals surface area contributed by atoms with E-state index >= 15 is 0 Å². The zero-order valence-corrected chi connectivity index (χ0v) is 34.4. The van der Waals surface area contributed by atoms with Gasteiger partial charge < -0.3 is 4.90 Å². The molecule has 278 valence electrons. The van der Waals surface area contributed by atoms with Gasteiger partial charge in [0.2, 0.25) is 0 Å². The summed E-state index contributed by atoms with van der Waals surface area (Å²) in [6, 6.07) is 54.1. The van der Waals surface area contributed by atoms with Crippen molar-refractivity contribution in [1.82, 2.24) is 0 Å². The fourth-order valence-corrected chi connectivity index (χ4v) is 11.4. The summed E-state index contributed by atoms with van der Waals surface area (Å²) in [6.07, 6.45) is 6.87. The maximum Gasteiger partial charge on any atom is 0.148 e. The second-order valence-electron chi connectivity index (χ2n) is 14.4. The van der Waals surface area contributed by atoms with E-state index in [2.05, 4.69) is 140 Å². The average Bonchev–Trinajstić information content (AvgIpc) is 4.09. The second-order valence-corrected chi connectivity index (χ2v) is 17.6. The summed E-state index contributed by atoms with van der Waals surface area (Å²) in [4.78, 5) is 8.77. The topological polar surface area (TPSA) is 74.6 Å². The van der Waals surface area contributed by atoms with E-state index in [9.17, 15) is 15.8 Å². The van der Waals surface area contributed by atoms with E-state index in [1.54, 1.807) is 11.3 Å². The molecule has 0 radical (unpaired) electrons. The number of allylic oxidation sites excluding steroid dienone is 2. The van der Waals surface area contributed by atoms with Gasteiger partial charge in [-0.1, -0.05) is 94.1 Å². The Balaban J connectivity index is 1.16. The predicted octanol–water partition coefficient (Wildman–Crippen LogP) is 15.3. The number of para-hydroxylation sites is 2. The van der Waals surface area contributed by atoms with Crippen molar-refractivity contribution in [3.8, 4) is 59.3 Å². The van der Waals surface area contributed by atoms with Gasteiger partial charge in [0, 0.05) is 51.7 Å². The first-order chi connectivity index (χ1) is 28.0. The van der Waals surface area contributed by atoms with Crippen molar-refractivity contribution in [2.45, 2.75) is 57.8 Å². The van der Waals surface area contributed by atoms with Crippen LogP contribution in [0.3, 0.4) is 0 Å². The van der Waals surface area contributed by atoms with Crippen LogP contribution in [-0.2, 0) is 5.41 Å². The number of rotatable bonds is 13. The van der Waals surface area contributed by atoms with Crippen LogP contribution >= 0.6 is 34.0 Å². The number of hydrogen-bond donors (Lipinski definition) is 0. The molecular weight excluding hydrogens is 753 g/mol. The minimum atomic E-state index is -0.158. The lowest BCUT2D eigenvalue weighted by Crippen LogP contribution is -2.26. The Hall–Kier alpha value is -6.01. The van der Waals surface area contributed by atoms with Crippen molar-refractivity contribution in [2.75, 3.05) is 4.90 Å². The van der Waals surface area contributed by atoms with Crippen LogP contribution in [-0.4, -0.2) is 0 Å². The predicted molar refractivity (Wildman–Crippen MR) is 240 cm³/mol. The molecule has 0 saturated heterocycles. The molecule has 0 fully saturated rings. The van der Waals surface area contributed by atoms with Crippen LogP contribution in [0.2, 0.25) is 0 Å². The van der Waals surface area contributed by atoms with Gasteiger partial charge in [0.15, 0.2) is 0 Å². The van der Waals surface area contributed by atoms with Gasteiger partial charge in [-0.25, -0.2) is 0 Å². The quantitative estimate of drug-likeness (QED) is 0.109. The highest BCUT2D eigenvalue weighted by molar-refractivity contribution is 7.27. The fraction of sp³-hybridized carbons (Fsp3) is 0.180. The Morgan fingerprint density at radius 1 is 0.526 bits per heavy atom. The third kappa shape index (κ3) is 7.14. The smallest absolute Gasteiger partial charge is 0.148 e. The largest absolute Gasteiger partial charge is 0.310 e. The van der Waals surface area contributed by atoms with Crippen LogP contribution in [0.25, 0.3) is 46.6 Å². The Labute approximate surface area is 347 Å². The molecule has 7 aromatic rings. The van der Waals surface area contributed by atoms with Crippen molar-refractivity contribution in [3.05, 3.63) is 155 Å². The molecule has 3 heterocycles. The van der Waals surface area contributed by atoms with Gasteiger partial charge in [-0.2, -0.15) is 15.8 Å². The van der Waals surface area contributed by atoms with Crippen LogP contribution < -0.4 is 4.90 Å². The zero-order valence-electron chi connectivity index (χ0n) is 32.0. The number of fused-ring (bicyclic) bond motifs is 3. The number of hydrogen-bond acceptors (Lipinski definition) is 7. The van der Waals surface area contributed by atoms with Crippen molar-refractivity contribution >= 4 is 56.6 Å². The van der Waals surface area contributed by atoms with Gasteiger partial charge in [0.1, 0.15) is 23.8 Å². The molecule has 4 aromatic carbocycles. The molecule has 0 aliphatic heterocycles. The highest BCUT2D eigenvalue weighted by Crippen LogP contribution is 2.56. The first-order valence-electron chi connectivity index (χ1n) is 19.5. The summed E-state index contributed by atoms with van der Waals surface area (Å²) in [7, 11) is 0. The molecule has 0 amide bonds. The Bertz CT molecular complexity index is 2650. The maximum atomic E-state index is 9.65. The van der Waals surface area contributed by atoms with Gasteiger partial charge in [-0.05, 0) is 120 Å². The summed E-state index contributed by atoms with van der Waals surface area (Å²) in [6.45, 7) is 4.62. The first kappa shape index (κ1) is 37.9. The second kappa shape index (κ2) is 16.6. The zero-order chi connectivity index (χ0) is 39.4. The number of thiophene rings is 3. The first-order valence-corrected chi connectivity index (χ1v) is 21.9. The van der Waals surface area contributed by atoms with Crippen LogP contribution in [0.15, 0.2) is 139 Å². The van der Waals surface area contributed by atoms with E-state index in [4.69, 9.17) is 0 Å². The van der Waals surface area contributed by atoms with Crippen molar-refractivity contribution in [3.63, 3.8) is 0 Å². The molecular formula is C50H40N4S3. The summed E-state index contributed by atoms with van der Waals surface area (Å²) < 4.78 is 0.